The molecule has 1 fully saturated rings. The molecule has 1 amide bonds. The standard InChI is InChI=1S/C20H14F3N5O2/c21-15-5-11(12-7-26-27(8-12)19(22)23)1-3-14(15)18-9-30-20(29)28(18)13-2-4-16-17(6-13)25-10-24-16/h1-8,10,18-19H,9H2,(H,24,25). The van der Waals surface area contributed by atoms with Gasteiger partial charge in [0, 0.05) is 17.3 Å². The van der Waals surface area contributed by atoms with Crippen LogP contribution >= 0.6 is 0 Å². The zero-order chi connectivity index (χ0) is 20.8. The van der Waals surface area contributed by atoms with Crippen molar-refractivity contribution >= 4 is 22.8 Å². The van der Waals surface area contributed by atoms with Crippen LogP contribution in [-0.2, 0) is 4.74 Å². The van der Waals surface area contributed by atoms with Gasteiger partial charge in [-0.1, -0.05) is 12.1 Å². The van der Waals surface area contributed by atoms with Gasteiger partial charge in [-0.05, 0) is 29.8 Å². The number of amides is 1. The molecule has 152 valence electrons. The summed E-state index contributed by atoms with van der Waals surface area (Å²) in [5.74, 6) is -0.576. The highest BCUT2D eigenvalue weighted by Gasteiger charge is 2.37. The van der Waals surface area contributed by atoms with E-state index in [0.717, 1.165) is 17.2 Å². The van der Waals surface area contributed by atoms with Crippen LogP contribution in [0.5, 0.6) is 0 Å². The summed E-state index contributed by atoms with van der Waals surface area (Å²) in [5, 5.41) is 3.57. The first-order valence-corrected chi connectivity index (χ1v) is 9.02. The third-order valence-electron chi connectivity index (χ3n) is 5.05. The van der Waals surface area contributed by atoms with Crippen LogP contribution in [0, 0.1) is 5.82 Å². The molecule has 0 aliphatic carbocycles. The van der Waals surface area contributed by atoms with Gasteiger partial charge in [0.2, 0.25) is 0 Å². The number of alkyl halides is 2. The number of aromatic nitrogens is 4. The first kappa shape index (κ1) is 18.2. The maximum Gasteiger partial charge on any atom is 0.415 e. The minimum absolute atomic E-state index is 0.0145. The summed E-state index contributed by atoms with van der Waals surface area (Å²) >= 11 is 0. The Hall–Kier alpha value is -3.82. The maximum absolute atomic E-state index is 15.0. The SMILES string of the molecule is O=C1OCC(c2ccc(-c3cnn(C(F)F)c3)cc2F)N1c1ccc2nc[nH]c2c1. The van der Waals surface area contributed by atoms with Gasteiger partial charge in [-0.25, -0.2) is 18.9 Å². The Morgan fingerprint density at radius 3 is 2.80 bits per heavy atom. The number of benzene rings is 2. The lowest BCUT2D eigenvalue weighted by Gasteiger charge is -2.22. The van der Waals surface area contributed by atoms with Crippen LogP contribution in [0.4, 0.5) is 23.7 Å². The highest BCUT2D eigenvalue weighted by atomic mass is 19.3. The second kappa shape index (κ2) is 6.90. The summed E-state index contributed by atoms with van der Waals surface area (Å²) in [6.07, 6.45) is 3.35. The van der Waals surface area contributed by atoms with Crippen molar-refractivity contribution in [2.24, 2.45) is 0 Å². The molecular formula is C20H14F3N5O2. The van der Waals surface area contributed by atoms with Crippen LogP contribution in [-0.4, -0.2) is 32.4 Å². The predicted octanol–water partition coefficient (Wildman–Crippen LogP) is 4.66. The smallest absolute Gasteiger partial charge is 0.415 e. The Morgan fingerprint density at radius 1 is 1.17 bits per heavy atom. The number of carbonyl (C=O) groups excluding carboxylic acids is 1. The largest absolute Gasteiger partial charge is 0.447 e. The first-order chi connectivity index (χ1) is 14.5. The number of aromatic amines is 1. The van der Waals surface area contributed by atoms with E-state index in [-0.39, 0.29) is 12.2 Å². The molecule has 3 heterocycles. The van der Waals surface area contributed by atoms with E-state index in [1.807, 2.05) is 0 Å². The fourth-order valence-electron chi connectivity index (χ4n) is 3.58. The number of ether oxygens (including phenoxy) is 1. The number of rotatable bonds is 4. The number of cyclic esters (lactones) is 1. The molecular weight excluding hydrogens is 399 g/mol. The molecule has 2 aromatic heterocycles. The predicted molar refractivity (Wildman–Crippen MR) is 102 cm³/mol. The Labute approximate surface area is 167 Å². The van der Waals surface area contributed by atoms with Crippen LogP contribution in [0.15, 0.2) is 55.1 Å². The van der Waals surface area contributed by atoms with Crippen molar-refractivity contribution in [2.45, 2.75) is 12.6 Å². The van der Waals surface area contributed by atoms with Crippen LogP contribution < -0.4 is 4.90 Å². The highest BCUT2D eigenvalue weighted by molar-refractivity contribution is 5.93. The maximum atomic E-state index is 15.0. The molecule has 1 unspecified atom stereocenters. The quantitative estimate of drug-likeness (QED) is 0.528. The molecule has 0 radical (unpaired) electrons. The average molecular weight is 413 g/mol. The number of nitrogens with one attached hydrogen (secondary N) is 1. The summed E-state index contributed by atoms with van der Waals surface area (Å²) in [4.78, 5) is 20.9. The second-order valence-corrected chi connectivity index (χ2v) is 6.79. The third-order valence-corrected chi connectivity index (χ3v) is 5.05. The zero-order valence-electron chi connectivity index (χ0n) is 15.3. The molecule has 0 bridgehead atoms. The van der Waals surface area contributed by atoms with Gasteiger partial charge in [-0.3, -0.25) is 4.90 Å². The molecule has 5 rings (SSSR count). The Morgan fingerprint density at radius 2 is 2.03 bits per heavy atom. The van der Waals surface area contributed by atoms with Gasteiger partial charge in [-0.15, -0.1) is 0 Å². The third kappa shape index (κ3) is 2.97. The lowest BCUT2D eigenvalue weighted by atomic mass is 10.0. The summed E-state index contributed by atoms with van der Waals surface area (Å²) < 4.78 is 46.1. The van der Waals surface area contributed by atoms with Gasteiger partial charge in [0.05, 0.1) is 29.2 Å². The van der Waals surface area contributed by atoms with Gasteiger partial charge in [0.1, 0.15) is 18.5 Å². The minimum Gasteiger partial charge on any atom is -0.447 e. The number of carbonyl (C=O) groups is 1. The van der Waals surface area contributed by atoms with Crippen molar-refractivity contribution in [3.05, 3.63) is 66.5 Å². The number of H-pyrrole nitrogens is 1. The molecule has 1 aliphatic rings. The molecule has 4 aromatic rings. The lowest BCUT2D eigenvalue weighted by molar-refractivity contribution is 0.0566. The zero-order valence-corrected chi connectivity index (χ0v) is 15.3. The van der Waals surface area contributed by atoms with E-state index in [4.69, 9.17) is 4.74 Å². The van der Waals surface area contributed by atoms with Crippen molar-refractivity contribution < 1.29 is 22.7 Å². The van der Waals surface area contributed by atoms with Crippen molar-refractivity contribution in [3.8, 4) is 11.1 Å². The summed E-state index contributed by atoms with van der Waals surface area (Å²) in [5.41, 5.74) is 3.04. The summed E-state index contributed by atoms with van der Waals surface area (Å²) in [7, 11) is 0. The number of hydrogen-bond acceptors (Lipinski definition) is 4. The van der Waals surface area contributed by atoms with Gasteiger partial charge in [0.15, 0.2) is 0 Å². The number of nitrogens with zero attached hydrogens (tertiary/aromatic N) is 4. The van der Waals surface area contributed by atoms with Gasteiger partial charge < -0.3 is 9.72 Å². The first-order valence-electron chi connectivity index (χ1n) is 9.02. The molecule has 1 saturated heterocycles. The van der Waals surface area contributed by atoms with Gasteiger partial charge in [-0.2, -0.15) is 13.9 Å². The van der Waals surface area contributed by atoms with E-state index in [1.165, 1.54) is 23.2 Å². The monoisotopic (exact) mass is 413 g/mol. The molecule has 30 heavy (non-hydrogen) atoms. The lowest BCUT2D eigenvalue weighted by Crippen LogP contribution is -2.27. The average Bonchev–Trinajstić information content (AvgIpc) is 3.46. The van der Waals surface area contributed by atoms with E-state index in [2.05, 4.69) is 15.1 Å². The van der Waals surface area contributed by atoms with Gasteiger partial charge in [0.25, 0.3) is 0 Å². The molecule has 1 atom stereocenters. The molecule has 1 N–H and O–H groups in total. The second-order valence-electron chi connectivity index (χ2n) is 6.79. The van der Waals surface area contributed by atoms with Crippen molar-refractivity contribution in [3.63, 3.8) is 0 Å². The number of hydrogen-bond donors (Lipinski definition) is 1. The van der Waals surface area contributed by atoms with Crippen molar-refractivity contribution in [2.75, 3.05) is 11.5 Å². The molecule has 10 heteroatoms. The topological polar surface area (TPSA) is 76.0 Å². The number of anilines is 1. The molecule has 0 spiro atoms. The Balaban J connectivity index is 1.49. The van der Waals surface area contributed by atoms with Crippen LogP contribution in [0.2, 0.25) is 0 Å². The Bertz CT molecular complexity index is 1250. The summed E-state index contributed by atoms with van der Waals surface area (Å²) in [6.45, 7) is -2.79. The molecule has 0 saturated carbocycles. The van der Waals surface area contributed by atoms with Crippen LogP contribution in [0.3, 0.4) is 0 Å². The van der Waals surface area contributed by atoms with E-state index in [1.54, 1.807) is 30.6 Å². The highest BCUT2D eigenvalue weighted by Crippen LogP contribution is 2.36. The minimum atomic E-state index is -2.77. The normalized spacial score (nSPS) is 16.6. The van der Waals surface area contributed by atoms with Crippen molar-refractivity contribution in [1.82, 2.24) is 19.7 Å². The molecule has 2 aromatic carbocycles. The molecule has 7 nitrogen and oxygen atoms in total. The number of fused-ring (bicyclic) bond motifs is 1. The Kier molecular flexibility index (Phi) is 4.19. The van der Waals surface area contributed by atoms with Gasteiger partial charge >= 0.3 is 12.6 Å². The van der Waals surface area contributed by atoms with E-state index in [9.17, 15) is 18.0 Å². The van der Waals surface area contributed by atoms with Crippen molar-refractivity contribution in [1.29, 1.82) is 0 Å². The van der Waals surface area contributed by atoms with Crippen LogP contribution in [0.25, 0.3) is 22.2 Å². The fourth-order valence-corrected chi connectivity index (χ4v) is 3.58. The van der Waals surface area contributed by atoms with E-state index >= 15 is 0 Å². The fraction of sp³-hybridized carbons (Fsp3) is 0.150. The van der Waals surface area contributed by atoms with Crippen LogP contribution in [0.1, 0.15) is 18.2 Å². The summed E-state index contributed by atoms with van der Waals surface area (Å²) in [6, 6.07) is 8.91. The number of imidazole rings is 1. The molecule has 1 aliphatic heterocycles. The van der Waals surface area contributed by atoms with E-state index < -0.39 is 24.5 Å². The number of halogens is 3. The van der Waals surface area contributed by atoms with E-state index in [0.29, 0.717) is 21.5 Å².